The zero-order valence-corrected chi connectivity index (χ0v) is 16.6. The molecular formula is C18H19Br2NO3. The van der Waals surface area contributed by atoms with Gasteiger partial charge in [-0.2, -0.15) is 0 Å². The first-order valence-electron chi connectivity index (χ1n) is 8.49. The molecule has 1 aromatic rings. The van der Waals surface area contributed by atoms with E-state index >= 15 is 0 Å². The number of ketones is 1. The molecule has 0 aromatic heterocycles. The summed E-state index contributed by atoms with van der Waals surface area (Å²) in [6.07, 6.45) is 2.38. The molecule has 128 valence electrons. The van der Waals surface area contributed by atoms with Gasteiger partial charge in [0.25, 0.3) is 0 Å². The maximum Gasteiger partial charge on any atom is 0.187 e. The summed E-state index contributed by atoms with van der Waals surface area (Å²) >= 11 is 7.32. The summed E-state index contributed by atoms with van der Waals surface area (Å²) in [4.78, 5) is 15.3. The molecule has 1 N–H and O–H groups in total. The molecule has 1 aromatic carbocycles. The number of piperidine rings is 1. The third kappa shape index (κ3) is 1.69. The second-order valence-electron chi connectivity index (χ2n) is 7.61. The molecule has 4 aliphatic rings. The van der Waals surface area contributed by atoms with Crippen LogP contribution in [0.1, 0.15) is 29.5 Å². The molecular weight excluding hydrogens is 438 g/mol. The van der Waals surface area contributed by atoms with Crippen molar-refractivity contribution in [1.29, 1.82) is 0 Å². The third-order valence-corrected chi connectivity index (χ3v) is 8.29. The van der Waals surface area contributed by atoms with Gasteiger partial charge >= 0.3 is 0 Å². The first-order valence-corrected chi connectivity index (χ1v) is 10.2. The van der Waals surface area contributed by atoms with E-state index in [1.54, 1.807) is 0 Å². The zero-order valence-electron chi connectivity index (χ0n) is 13.4. The van der Waals surface area contributed by atoms with Crippen LogP contribution in [0.25, 0.3) is 0 Å². The van der Waals surface area contributed by atoms with E-state index in [4.69, 9.17) is 4.74 Å². The number of aliphatic hydroxyl groups excluding tert-OH is 1. The number of likely N-dealkylation sites (tertiary alicyclic amines) is 1. The van der Waals surface area contributed by atoms with Crippen molar-refractivity contribution in [3.8, 4) is 5.75 Å². The highest BCUT2D eigenvalue weighted by Gasteiger charge is 2.67. The van der Waals surface area contributed by atoms with Gasteiger partial charge in [-0.3, -0.25) is 4.79 Å². The Hall–Kier alpha value is -0.430. The molecule has 2 aliphatic heterocycles. The molecule has 2 fully saturated rings. The number of likely N-dealkylation sites (N-methyl/N-ethyl adjacent to an activating group) is 1. The zero-order chi connectivity index (χ0) is 16.8. The maximum absolute atomic E-state index is 13.0. The number of benzene rings is 1. The van der Waals surface area contributed by atoms with Crippen molar-refractivity contribution in [2.75, 3.05) is 13.6 Å². The molecule has 1 spiro atoms. The number of nitrogens with zero attached hydrogens (tertiary/aromatic N) is 1. The first kappa shape index (κ1) is 15.8. The summed E-state index contributed by atoms with van der Waals surface area (Å²) < 4.78 is 7.34. The number of hydrogen-bond donors (Lipinski definition) is 1. The maximum atomic E-state index is 13.0. The van der Waals surface area contributed by atoms with Gasteiger partial charge in [-0.1, -0.05) is 31.9 Å². The Morgan fingerprint density at radius 1 is 1.50 bits per heavy atom. The summed E-state index contributed by atoms with van der Waals surface area (Å²) in [7, 11) is 2.20. The van der Waals surface area contributed by atoms with Crippen molar-refractivity contribution in [2.45, 2.75) is 48.3 Å². The average Bonchev–Trinajstić information content (AvgIpc) is 2.90. The highest BCUT2D eigenvalue weighted by molar-refractivity contribution is 9.10. The van der Waals surface area contributed by atoms with Crippen LogP contribution < -0.4 is 4.74 Å². The van der Waals surface area contributed by atoms with Crippen LogP contribution in [0.3, 0.4) is 0 Å². The van der Waals surface area contributed by atoms with E-state index in [0.29, 0.717) is 12.0 Å². The Labute approximate surface area is 157 Å². The van der Waals surface area contributed by atoms with Gasteiger partial charge in [0.15, 0.2) is 11.9 Å². The normalized spacial score (nSPS) is 39.6. The van der Waals surface area contributed by atoms with E-state index in [-0.39, 0.29) is 22.6 Å². The highest BCUT2D eigenvalue weighted by Crippen LogP contribution is 2.63. The van der Waals surface area contributed by atoms with Crippen LogP contribution in [0.15, 0.2) is 10.5 Å². The molecule has 0 radical (unpaired) electrons. The van der Waals surface area contributed by atoms with Crippen LogP contribution in [0.2, 0.25) is 0 Å². The van der Waals surface area contributed by atoms with Crippen LogP contribution in [0, 0.1) is 5.92 Å². The van der Waals surface area contributed by atoms with Crippen LogP contribution in [-0.4, -0.2) is 46.4 Å². The molecule has 5 rings (SSSR count). The number of aliphatic hydroxyl groups is 1. The molecule has 24 heavy (non-hydrogen) atoms. The number of alkyl halides is 1. The summed E-state index contributed by atoms with van der Waals surface area (Å²) in [5, 5.41) is 9.81. The fourth-order valence-electron chi connectivity index (χ4n) is 5.71. The Balaban J connectivity index is 1.83. The first-order chi connectivity index (χ1) is 11.5. The molecule has 5 atom stereocenters. The molecule has 2 bridgehead atoms. The van der Waals surface area contributed by atoms with Gasteiger partial charge in [0, 0.05) is 27.1 Å². The Kier molecular flexibility index (Phi) is 3.33. The summed E-state index contributed by atoms with van der Waals surface area (Å²) in [6, 6.07) is 2.40. The summed E-state index contributed by atoms with van der Waals surface area (Å²) in [5.41, 5.74) is 3.07. The van der Waals surface area contributed by atoms with E-state index in [1.807, 2.05) is 6.07 Å². The van der Waals surface area contributed by atoms with Crippen molar-refractivity contribution < 1.29 is 14.6 Å². The second kappa shape index (κ2) is 5.06. The molecule has 1 saturated carbocycles. The minimum absolute atomic E-state index is 0.0655. The summed E-state index contributed by atoms with van der Waals surface area (Å²) in [5.74, 6) is 1.36. The highest BCUT2D eigenvalue weighted by atomic mass is 79.9. The van der Waals surface area contributed by atoms with Crippen molar-refractivity contribution in [3.63, 3.8) is 0 Å². The number of rotatable bonds is 1. The predicted octanol–water partition coefficient (Wildman–Crippen LogP) is 2.55. The Morgan fingerprint density at radius 2 is 2.29 bits per heavy atom. The fraction of sp³-hybridized carbons (Fsp3) is 0.611. The van der Waals surface area contributed by atoms with Crippen molar-refractivity contribution in [2.24, 2.45) is 5.92 Å². The van der Waals surface area contributed by atoms with Crippen molar-refractivity contribution in [3.05, 3.63) is 27.2 Å². The third-order valence-electron chi connectivity index (χ3n) is 6.76. The smallest absolute Gasteiger partial charge is 0.187 e. The van der Waals surface area contributed by atoms with Gasteiger partial charge < -0.3 is 14.7 Å². The molecule has 2 heterocycles. The van der Waals surface area contributed by atoms with Gasteiger partial charge in [-0.25, -0.2) is 0 Å². The number of hydrogen-bond acceptors (Lipinski definition) is 4. The predicted molar refractivity (Wildman–Crippen MR) is 96.7 cm³/mol. The van der Waals surface area contributed by atoms with E-state index in [2.05, 4.69) is 43.8 Å². The number of carbonyl (C=O) groups excluding carboxylic acids is 1. The van der Waals surface area contributed by atoms with Gasteiger partial charge in [0.05, 0.1) is 11.4 Å². The minimum Gasteiger partial charge on any atom is -0.481 e. The van der Waals surface area contributed by atoms with Gasteiger partial charge in [-0.15, -0.1) is 0 Å². The van der Waals surface area contributed by atoms with E-state index < -0.39 is 6.10 Å². The minimum atomic E-state index is -0.412. The second-order valence-corrected chi connectivity index (χ2v) is 9.57. The number of ether oxygens (including phenoxy) is 1. The molecule has 6 heteroatoms. The standard InChI is InChI=1S/C18H19Br2NO3/c1-21-3-2-18-10-6-12(20)15(23)17(18)24-16-8(7-22)4-11(19)9(14(16)18)5-13(10)21/h4,10,12-13,17,22H,2-3,5-7H2,1H3/t10?,12?,13?,17-,18-/m1/s1. The SMILES string of the molecule is CN1CC[C@@]23c4c5c(Br)cc(CO)c4O[C@@H]2C(=O)C(Br)CC3C1C5. The van der Waals surface area contributed by atoms with Crippen LogP contribution in [0.5, 0.6) is 5.75 Å². The van der Waals surface area contributed by atoms with Gasteiger partial charge in [-0.05, 0) is 50.4 Å². The number of Topliss-reactive ketones (excluding diaryl/α,β-unsaturated/α-hetero) is 1. The van der Waals surface area contributed by atoms with Crippen molar-refractivity contribution in [1.82, 2.24) is 4.90 Å². The monoisotopic (exact) mass is 455 g/mol. The number of halogens is 2. The molecule has 4 nitrogen and oxygen atoms in total. The largest absolute Gasteiger partial charge is 0.481 e. The fourth-order valence-corrected chi connectivity index (χ4v) is 6.99. The van der Waals surface area contributed by atoms with Crippen LogP contribution in [-0.2, 0) is 23.2 Å². The van der Waals surface area contributed by atoms with Crippen molar-refractivity contribution >= 4 is 37.6 Å². The van der Waals surface area contributed by atoms with Gasteiger partial charge in [0.2, 0.25) is 0 Å². The number of carbonyl (C=O) groups is 1. The Morgan fingerprint density at radius 3 is 3.04 bits per heavy atom. The Bertz CT molecular complexity index is 767. The van der Waals surface area contributed by atoms with E-state index in [0.717, 1.165) is 41.6 Å². The topological polar surface area (TPSA) is 49.8 Å². The molecule has 2 aliphatic carbocycles. The lowest BCUT2D eigenvalue weighted by molar-refractivity contribution is -0.137. The lowest BCUT2D eigenvalue weighted by Gasteiger charge is -2.57. The van der Waals surface area contributed by atoms with Gasteiger partial charge in [0.1, 0.15) is 5.75 Å². The molecule has 0 amide bonds. The van der Waals surface area contributed by atoms with Crippen LogP contribution >= 0.6 is 31.9 Å². The quantitative estimate of drug-likeness (QED) is 0.660. The summed E-state index contributed by atoms with van der Waals surface area (Å²) in [6.45, 7) is 0.922. The average molecular weight is 457 g/mol. The lowest BCUT2D eigenvalue weighted by atomic mass is 9.51. The lowest BCUT2D eigenvalue weighted by Crippen LogP contribution is -2.67. The van der Waals surface area contributed by atoms with E-state index in [9.17, 15) is 9.90 Å². The van der Waals surface area contributed by atoms with Crippen LogP contribution in [0.4, 0.5) is 0 Å². The molecule has 1 saturated heterocycles. The molecule has 3 unspecified atom stereocenters. The van der Waals surface area contributed by atoms with E-state index in [1.165, 1.54) is 11.1 Å².